The van der Waals surface area contributed by atoms with E-state index < -0.39 is 14.1 Å². The number of fused-ring (bicyclic) bond motifs is 1. The molecule has 220 valence electrons. The minimum Gasteiger partial charge on any atom is -0.492 e. The highest BCUT2D eigenvalue weighted by atomic mass is 28.4. The largest absolute Gasteiger partial charge is 0.492 e. The summed E-state index contributed by atoms with van der Waals surface area (Å²) in [5.41, 5.74) is 3.24. The first-order chi connectivity index (χ1) is 20.2. The van der Waals surface area contributed by atoms with Crippen molar-refractivity contribution in [2.75, 3.05) is 13.7 Å². The zero-order valence-electron chi connectivity index (χ0n) is 24.8. The van der Waals surface area contributed by atoms with Gasteiger partial charge < -0.3 is 28.8 Å². The fourth-order valence-electron chi connectivity index (χ4n) is 5.96. The summed E-state index contributed by atoms with van der Waals surface area (Å²) in [4.78, 5) is 0. The Morgan fingerprint density at radius 2 is 1.43 bits per heavy atom. The molecule has 1 aliphatic rings. The number of aliphatic hydroxyl groups excluding tert-OH is 1. The Hall–Kier alpha value is -3.46. The molecule has 0 fully saturated rings. The highest BCUT2D eigenvalue weighted by Gasteiger charge is 2.52. The first-order valence-corrected chi connectivity index (χ1v) is 16.2. The third kappa shape index (κ3) is 5.89. The zero-order chi connectivity index (χ0) is 29.8. The summed E-state index contributed by atoms with van der Waals surface area (Å²) in [6, 6.07) is 32.4. The van der Waals surface area contributed by atoms with Crippen molar-refractivity contribution in [2.45, 2.75) is 57.8 Å². The Balaban J connectivity index is 1.46. The molecule has 6 nitrogen and oxygen atoms in total. The van der Waals surface area contributed by atoms with Crippen LogP contribution in [-0.4, -0.2) is 38.0 Å². The Bertz CT molecular complexity index is 1430. The van der Waals surface area contributed by atoms with Gasteiger partial charge in [0.25, 0.3) is 8.32 Å². The van der Waals surface area contributed by atoms with Crippen molar-refractivity contribution in [3.05, 3.63) is 119 Å². The van der Waals surface area contributed by atoms with Crippen molar-refractivity contribution in [3.63, 3.8) is 0 Å². The van der Waals surface area contributed by atoms with Crippen LogP contribution < -0.4 is 19.8 Å². The lowest BCUT2D eigenvalue weighted by molar-refractivity contribution is -0.233. The monoisotopic (exact) mass is 584 g/mol. The fraction of sp³-hybridized carbons (Fsp3) is 0.314. The van der Waals surface area contributed by atoms with E-state index in [9.17, 15) is 10.2 Å². The van der Waals surface area contributed by atoms with Crippen LogP contribution in [0.25, 0.3) is 0 Å². The van der Waals surface area contributed by atoms with Crippen molar-refractivity contribution < 1.29 is 28.8 Å². The first-order valence-electron chi connectivity index (χ1n) is 14.3. The van der Waals surface area contributed by atoms with E-state index >= 15 is 0 Å². The maximum atomic E-state index is 11.8. The molecule has 1 heterocycles. The van der Waals surface area contributed by atoms with Crippen LogP contribution in [0.1, 0.15) is 43.0 Å². The van der Waals surface area contributed by atoms with Gasteiger partial charge in [-0.25, -0.2) is 0 Å². The molecule has 0 saturated carbocycles. The average molecular weight is 585 g/mol. The summed E-state index contributed by atoms with van der Waals surface area (Å²) >= 11 is 0. The number of benzene rings is 4. The van der Waals surface area contributed by atoms with Crippen molar-refractivity contribution in [1.29, 1.82) is 0 Å². The Morgan fingerprint density at radius 3 is 1.95 bits per heavy atom. The Morgan fingerprint density at radius 1 is 0.857 bits per heavy atom. The van der Waals surface area contributed by atoms with Gasteiger partial charge in [0.05, 0.1) is 26.9 Å². The quantitative estimate of drug-likeness (QED) is 0.253. The van der Waals surface area contributed by atoms with Crippen LogP contribution in [0.5, 0.6) is 11.5 Å². The second-order valence-corrected chi connectivity index (χ2v) is 16.1. The van der Waals surface area contributed by atoms with Gasteiger partial charge in [-0.3, -0.25) is 0 Å². The van der Waals surface area contributed by atoms with Gasteiger partial charge in [-0.1, -0.05) is 112 Å². The number of methoxy groups -OCH3 is 1. The fourth-order valence-corrected chi connectivity index (χ4v) is 10.6. The van der Waals surface area contributed by atoms with E-state index in [0.717, 1.165) is 27.1 Å². The minimum atomic E-state index is -2.88. The average Bonchev–Trinajstić information content (AvgIpc) is 3.00. The standard InChI is InChI=1S/C35H40O6Si/c1-34(2,3)42(29-16-10-6-11-17-29,30-18-12-7-13-19-30)41-25-35(37)21-27-20-28(22-36)32(33(38-4)31(27)24-40-35)39-23-26-14-8-5-9-15-26/h5-20,36-37H,21-25H2,1-4H3. The molecule has 4 aromatic carbocycles. The number of hydrogen-bond donors (Lipinski definition) is 2. The van der Waals surface area contributed by atoms with Crippen molar-refractivity contribution in [2.24, 2.45) is 0 Å². The van der Waals surface area contributed by atoms with Crippen LogP contribution in [0.3, 0.4) is 0 Å². The van der Waals surface area contributed by atoms with Gasteiger partial charge in [0, 0.05) is 17.5 Å². The van der Waals surface area contributed by atoms with Crippen LogP contribution in [-0.2, 0) is 35.4 Å². The molecule has 0 spiro atoms. The smallest absolute Gasteiger partial charge is 0.261 e. The number of ether oxygens (including phenoxy) is 3. The molecule has 0 amide bonds. The van der Waals surface area contributed by atoms with E-state index in [1.807, 2.05) is 72.8 Å². The molecular formula is C35H40O6Si. The highest BCUT2D eigenvalue weighted by Crippen LogP contribution is 2.43. The molecule has 0 saturated heterocycles. The summed E-state index contributed by atoms with van der Waals surface area (Å²) in [7, 11) is -1.30. The van der Waals surface area contributed by atoms with Crippen molar-refractivity contribution >= 4 is 18.7 Å². The lowest BCUT2D eigenvalue weighted by atomic mass is 9.93. The molecule has 1 unspecified atom stereocenters. The summed E-state index contributed by atoms with van der Waals surface area (Å²) in [5.74, 6) is -0.563. The molecule has 5 rings (SSSR count). The maximum absolute atomic E-state index is 11.8. The van der Waals surface area contributed by atoms with Gasteiger partial charge in [0.1, 0.15) is 6.61 Å². The summed E-state index contributed by atoms with van der Waals surface area (Å²) in [6.45, 7) is 6.82. The molecule has 2 N–H and O–H groups in total. The molecule has 4 aromatic rings. The predicted molar refractivity (Wildman–Crippen MR) is 167 cm³/mol. The van der Waals surface area contributed by atoms with E-state index in [4.69, 9.17) is 18.6 Å². The molecule has 1 atom stereocenters. The predicted octanol–water partition coefficient (Wildman–Crippen LogP) is 5.10. The summed E-state index contributed by atoms with van der Waals surface area (Å²) < 4.78 is 25.1. The lowest BCUT2D eigenvalue weighted by Crippen LogP contribution is -2.68. The van der Waals surface area contributed by atoms with E-state index in [2.05, 4.69) is 45.0 Å². The highest BCUT2D eigenvalue weighted by molar-refractivity contribution is 6.99. The third-order valence-electron chi connectivity index (χ3n) is 7.99. The molecule has 0 aliphatic carbocycles. The van der Waals surface area contributed by atoms with Crippen LogP contribution in [0.15, 0.2) is 97.1 Å². The second kappa shape index (κ2) is 12.4. The van der Waals surface area contributed by atoms with Crippen LogP contribution in [0, 0.1) is 0 Å². The van der Waals surface area contributed by atoms with Gasteiger partial charge in [-0.15, -0.1) is 0 Å². The second-order valence-electron chi connectivity index (χ2n) is 11.8. The topological polar surface area (TPSA) is 77.4 Å². The summed E-state index contributed by atoms with van der Waals surface area (Å²) in [5, 5.41) is 24.1. The first kappa shape index (κ1) is 30.0. The number of aliphatic hydroxyl groups is 2. The Kier molecular flexibility index (Phi) is 8.87. The number of rotatable bonds is 10. The van der Waals surface area contributed by atoms with Gasteiger partial charge in [0.2, 0.25) is 0 Å². The number of hydrogen-bond acceptors (Lipinski definition) is 6. The van der Waals surface area contributed by atoms with Gasteiger partial charge >= 0.3 is 0 Å². The van der Waals surface area contributed by atoms with Crippen LogP contribution in [0.4, 0.5) is 0 Å². The SMILES string of the molecule is COc1c2c(cc(CO)c1OCc1ccccc1)CC(O)(CO[Si](c1ccccc1)(c1ccccc1)C(C)(C)C)OC2. The van der Waals surface area contributed by atoms with Gasteiger partial charge in [0.15, 0.2) is 17.3 Å². The van der Waals surface area contributed by atoms with E-state index in [-0.39, 0.29) is 31.3 Å². The van der Waals surface area contributed by atoms with Gasteiger partial charge in [-0.2, -0.15) is 0 Å². The molecule has 7 heteroatoms. The third-order valence-corrected chi connectivity index (χ3v) is 13.0. The van der Waals surface area contributed by atoms with Gasteiger partial charge in [-0.05, 0) is 32.6 Å². The lowest BCUT2D eigenvalue weighted by Gasteiger charge is -2.45. The minimum absolute atomic E-state index is 0.0112. The summed E-state index contributed by atoms with van der Waals surface area (Å²) in [6.07, 6.45) is 0.183. The van der Waals surface area contributed by atoms with Crippen molar-refractivity contribution in [3.8, 4) is 11.5 Å². The molecule has 0 radical (unpaired) electrons. The molecule has 0 bridgehead atoms. The van der Waals surface area contributed by atoms with E-state index in [0.29, 0.717) is 23.7 Å². The molecule has 1 aliphatic heterocycles. The molecule has 42 heavy (non-hydrogen) atoms. The molecule has 0 aromatic heterocycles. The van der Waals surface area contributed by atoms with Crippen molar-refractivity contribution in [1.82, 2.24) is 0 Å². The van der Waals surface area contributed by atoms with E-state index in [1.165, 1.54) is 0 Å². The zero-order valence-corrected chi connectivity index (χ0v) is 25.8. The molecular weight excluding hydrogens is 544 g/mol. The van der Waals surface area contributed by atoms with E-state index in [1.54, 1.807) is 7.11 Å². The Labute approximate surface area is 249 Å². The normalized spacial score (nSPS) is 17.0. The maximum Gasteiger partial charge on any atom is 0.261 e. The van der Waals surface area contributed by atoms with Crippen LogP contribution >= 0.6 is 0 Å². The van der Waals surface area contributed by atoms with Crippen LogP contribution in [0.2, 0.25) is 5.04 Å².